The molecule has 13 heavy (non-hydrogen) atoms. The second kappa shape index (κ2) is 5.95. The zero-order valence-corrected chi connectivity index (χ0v) is 9.10. The van der Waals surface area contributed by atoms with E-state index in [0.29, 0.717) is 6.04 Å². The van der Waals surface area contributed by atoms with Crippen LogP contribution < -0.4 is 5.32 Å². The van der Waals surface area contributed by atoms with Gasteiger partial charge in [0.05, 0.1) is 0 Å². The van der Waals surface area contributed by atoms with Crippen LogP contribution in [0.3, 0.4) is 0 Å². The topological polar surface area (TPSA) is 12.0 Å². The van der Waals surface area contributed by atoms with Gasteiger partial charge in [0.15, 0.2) is 0 Å². The lowest BCUT2D eigenvalue weighted by Crippen LogP contribution is -2.18. The molecule has 0 bridgehead atoms. The molecule has 1 atom stereocenters. The van der Waals surface area contributed by atoms with Crippen LogP contribution in [0.15, 0.2) is 29.0 Å². The maximum Gasteiger partial charge on any atom is 0.0300 e. The summed E-state index contributed by atoms with van der Waals surface area (Å²) in [5, 5.41) is 7.80. The quantitative estimate of drug-likeness (QED) is 0.561. The first-order chi connectivity index (χ1) is 6.34. The summed E-state index contributed by atoms with van der Waals surface area (Å²) in [6.45, 7) is 5.32. The van der Waals surface area contributed by atoms with Crippen molar-refractivity contribution in [2.75, 3.05) is 6.54 Å². The standard InChI is InChI=1S/C11H17NS/c1-3-4-5-7-12-10(2)11-6-8-13-9-11/h3-4,6,8-10,12H,5,7H2,1-2H3/b4-3+. The zero-order chi connectivity index (χ0) is 9.52. The summed E-state index contributed by atoms with van der Waals surface area (Å²) in [5.74, 6) is 0. The van der Waals surface area contributed by atoms with E-state index in [1.807, 2.05) is 0 Å². The average Bonchev–Trinajstić information content (AvgIpc) is 2.65. The van der Waals surface area contributed by atoms with Crippen LogP contribution in [0.25, 0.3) is 0 Å². The number of hydrogen-bond acceptors (Lipinski definition) is 2. The summed E-state index contributed by atoms with van der Waals surface area (Å²) in [5.41, 5.74) is 1.39. The SMILES string of the molecule is C/C=C/CCNC(C)c1ccsc1. The highest BCUT2D eigenvalue weighted by Gasteiger charge is 2.02. The summed E-state index contributed by atoms with van der Waals surface area (Å²) in [7, 11) is 0. The van der Waals surface area contributed by atoms with Crippen molar-refractivity contribution in [2.45, 2.75) is 26.3 Å². The first-order valence-electron chi connectivity index (χ1n) is 4.71. The Hall–Kier alpha value is -0.600. The number of thiophene rings is 1. The number of hydrogen-bond donors (Lipinski definition) is 1. The van der Waals surface area contributed by atoms with E-state index >= 15 is 0 Å². The molecule has 1 aromatic rings. The van der Waals surface area contributed by atoms with Gasteiger partial charge in [-0.05, 0) is 49.2 Å². The van der Waals surface area contributed by atoms with Crippen LogP contribution in [-0.2, 0) is 0 Å². The van der Waals surface area contributed by atoms with Crippen LogP contribution in [0.2, 0.25) is 0 Å². The molecule has 1 rings (SSSR count). The molecule has 1 heterocycles. The predicted molar refractivity (Wildman–Crippen MR) is 60.2 cm³/mol. The third-order valence-electron chi connectivity index (χ3n) is 2.04. The molecule has 2 heteroatoms. The third-order valence-corrected chi connectivity index (χ3v) is 2.74. The van der Waals surface area contributed by atoms with Gasteiger partial charge in [-0.2, -0.15) is 11.3 Å². The van der Waals surface area contributed by atoms with Gasteiger partial charge in [0.2, 0.25) is 0 Å². The summed E-state index contributed by atoms with van der Waals surface area (Å²) in [6, 6.07) is 2.66. The normalized spacial score (nSPS) is 13.7. The van der Waals surface area contributed by atoms with Crippen LogP contribution in [0.5, 0.6) is 0 Å². The molecule has 1 unspecified atom stereocenters. The van der Waals surface area contributed by atoms with Gasteiger partial charge in [0.25, 0.3) is 0 Å². The van der Waals surface area contributed by atoms with E-state index in [4.69, 9.17) is 0 Å². The van der Waals surface area contributed by atoms with E-state index in [1.165, 1.54) is 5.56 Å². The monoisotopic (exact) mass is 195 g/mol. The summed E-state index contributed by atoms with van der Waals surface area (Å²) >= 11 is 1.76. The van der Waals surface area contributed by atoms with Crippen molar-refractivity contribution in [2.24, 2.45) is 0 Å². The molecule has 0 aliphatic rings. The van der Waals surface area contributed by atoms with Gasteiger partial charge in [-0.25, -0.2) is 0 Å². The van der Waals surface area contributed by atoms with Crippen molar-refractivity contribution in [3.8, 4) is 0 Å². The molecule has 0 amide bonds. The van der Waals surface area contributed by atoms with E-state index < -0.39 is 0 Å². The van der Waals surface area contributed by atoms with Crippen LogP contribution in [0.4, 0.5) is 0 Å². The molecular formula is C11H17NS. The van der Waals surface area contributed by atoms with Crippen molar-refractivity contribution in [3.05, 3.63) is 34.5 Å². The lowest BCUT2D eigenvalue weighted by molar-refractivity contribution is 0.582. The molecule has 0 aromatic carbocycles. The van der Waals surface area contributed by atoms with Crippen LogP contribution in [0.1, 0.15) is 31.9 Å². The number of allylic oxidation sites excluding steroid dienone is 1. The average molecular weight is 195 g/mol. The fraction of sp³-hybridized carbons (Fsp3) is 0.455. The Labute approximate surface area is 84.5 Å². The largest absolute Gasteiger partial charge is 0.310 e. The van der Waals surface area contributed by atoms with Crippen molar-refractivity contribution in [1.82, 2.24) is 5.32 Å². The van der Waals surface area contributed by atoms with Crippen LogP contribution in [0, 0.1) is 0 Å². The Kier molecular flexibility index (Phi) is 4.79. The zero-order valence-electron chi connectivity index (χ0n) is 8.29. The molecular weight excluding hydrogens is 178 g/mol. The number of nitrogens with one attached hydrogen (secondary N) is 1. The van der Waals surface area contributed by atoms with Crippen molar-refractivity contribution in [3.63, 3.8) is 0 Å². The molecule has 1 aromatic heterocycles. The van der Waals surface area contributed by atoms with Crippen molar-refractivity contribution in [1.29, 1.82) is 0 Å². The van der Waals surface area contributed by atoms with Crippen molar-refractivity contribution >= 4 is 11.3 Å². The maximum atomic E-state index is 3.48. The second-order valence-electron chi connectivity index (χ2n) is 3.09. The first-order valence-corrected chi connectivity index (χ1v) is 5.65. The van der Waals surface area contributed by atoms with E-state index in [9.17, 15) is 0 Å². The minimum Gasteiger partial charge on any atom is -0.310 e. The number of rotatable bonds is 5. The van der Waals surface area contributed by atoms with E-state index in [2.05, 4.69) is 48.1 Å². The van der Waals surface area contributed by atoms with Crippen LogP contribution in [-0.4, -0.2) is 6.54 Å². The lowest BCUT2D eigenvalue weighted by atomic mass is 10.2. The Morgan fingerprint density at radius 2 is 2.46 bits per heavy atom. The molecule has 0 fully saturated rings. The summed E-state index contributed by atoms with van der Waals surface area (Å²) < 4.78 is 0. The molecule has 0 saturated carbocycles. The van der Waals surface area contributed by atoms with E-state index in [-0.39, 0.29) is 0 Å². The highest BCUT2D eigenvalue weighted by atomic mass is 32.1. The fourth-order valence-corrected chi connectivity index (χ4v) is 1.94. The van der Waals surface area contributed by atoms with Crippen LogP contribution >= 0.6 is 11.3 Å². The molecule has 0 aliphatic heterocycles. The minimum absolute atomic E-state index is 0.483. The van der Waals surface area contributed by atoms with Gasteiger partial charge in [-0.3, -0.25) is 0 Å². The summed E-state index contributed by atoms with van der Waals surface area (Å²) in [6.07, 6.45) is 5.40. The Bertz CT molecular complexity index is 239. The first kappa shape index (κ1) is 10.5. The minimum atomic E-state index is 0.483. The Morgan fingerprint density at radius 1 is 1.62 bits per heavy atom. The summed E-state index contributed by atoms with van der Waals surface area (Å²) in [4.78, 5) is 0. The van der Waals surface area contributed by atoms with E-state index in [1.54, 1.807) is 11.3 Å². The molecule has 1 N–H and O–H groups in total. The maximum absolute atomic E-state index is 3.48. The molecule has 0 radical (unpaired) electrons. The highest BCUT2D eigenvalue weighted by molar-refractivity contribution is 7.07. The van der Waals surface area contributed by atoms with Gasteiger partial charge in [-0.15, -0.1) is 0 Å². The molecule has 0 spiro atoms. The van der Waals surface area contributed by atoms with Crippen molar-refractivity contribution < 1.29 is 0 Å². The van der Waals surface area contributed by atoms with E-state index in [0.717, 1.165) is 13.0 Å². The second-order valence-corrected chi connectivity index (χ2v) is 3.87. The fourth-order valence-electron chi connectivity index (χ4n) is 1.19. The van der Waals surface area contributed by atoms with Gasteiger partial charge in [0, 0.05) is 6.04 Å². The molecule has 72 valence electrons. The molecule has 1 nitrogen and oxygen atoms in total. The van der Waals surface area contributed by atoms with Gasteiger partial charge < -0.3 is 5.32 Å². The molecule has 0 saturated heterocycles. The van der Waals surface area contributed by atoms with Gasteiger partial charge >= 0.3 is 0 Å². The Balaban J connectivity index is 2.22. The predicted octanol–water partition coefficient (Wildman–Crippen LogP) is 3.36. The lowest BCUT2D eigenvalue weighted by Gasteiger charge is -2.10. The highest BCUT2D eigenvalue weighted by Crippen LogP contribution is 2.15. The third kappa shape index (κ3) is 3.75. The van der Waals surface area contributed by atoms with Gasteiger partial charge in [-0.1, -0.05) is 12.2 Å². The Morgan fingerprint density at radius 3 is 3.08 bits per heavy atom. The smallest absolute Gasteiger partial charge is 0.0300 e. The molecule has 0 aliphatic carbocycles. The van der Waals surface area contributed by atoms with Gasteiger partial charge in [0.1, 0.15) is 0 Å².